The molecule has 0 spiro atoms. The van der Waals surface area contributed by atoms with Gasteiger partial charge in [0.15, 0.2) is 0 Å². The highest BCUT2D eigenvalue weighted by molar-refractivity contribution is 5.84. The number of ether oxygens (including phenoxy) is 1. The third kappa shape index (κ3) is 6.53. The van der Waals surface area contributed by atoms with Crippen molar-refractivity contribution in [3.05, 3.63) is 59.7 Å². The molecule has 2 aromatic heterocycles. The van der Waals surface area contributed by atoms with Crippen LogP contribution in [0.2, 0.25) is 0 Å². The number of methoxy groups -OCH3 is 1. The van der Waals surface area contributed by atoms with Crippen LogP contribution >= 0.6 is 0 Å². The standard InChI is InChI=1S/C22H24FN3O2.C2H4N2O2/c1-28-21-12-19-17(4-2-10-25-11-3-5-22(25)27)15-26(20(19)13-24-21)14-16-6-8-18(23)9-7-16;3-2(6)4-1-5/h6-9,12-13,15H,2-5,10-11,14H2,1H3;1H,(H3,3,4,5,6). The Balaban J connectivity index is 0.000000481. The summed E-state index contributed by atoms with van der Waals surface area (Å²) in [4.78, 5) is 36.8. The van der Waals surface area contributed by atoms with Gasteiger partial charge in [-0.2, -0.15) is 0 Å². The average molecular weight is 470 g/mol. The lowest BCUT2D eigenvalue weighted by molar-refractivity contribution is -0.127. The number of halogens is 1. The second-order valence-electron chi connectivity index (χ2n) is 7.87. The highest BCUT2D eigenvalue weighted by Crippen LogP contribution is 2.26. The number of fused-ring (bicyclic) bond motifs is 1. The number of primary amides is 1. The lowest BCUT2D eigenvalue weighted by atomic mass is 10.1. The van der Waals surface area contributed by atoms with Crippen LogP contribution in [-0.2, 0) is 22.6 Å². The van der Waals surface area contributed by atoms with Gasteiger partial charge >= 0.3 is 6.03 Å². The Morgan fingerprint density at radius 3 is 2.68 bits per heavy atom. The highest BCUT2D eigenvalue weighted by Gasteiger charge is 2.19. The molecule has 3 heterocycles. The molecule has 0 bridgehead atoms. The van der Waals surface area contributed by atoms with Crippen LogP contribution in [0.1, 0.15) is 30.4 Å². The second-order valence-corrected chi connectivity index (χ2v) is 7.87. The number of amides is 4. The minimum absolute atomic E-state index is 0.225. The van der Waals surface area contributed by atoms with Gasteiger partial charge in [0, 0.05) is 43.7 Å². The summed E-state index contributed by atoms with van der Waals surface area (Å²) in [7, 11) is 1.61. The van der Waals surface area contributed by atoms with Crippen molar-refractivity contribution in [3.63, 3.8) is 0 Å². The van der Waals surface area contributed by atoms with Gasteiger partial charge in [-0.05, 0) is 42.5 Å². The van der Waals surface area contributed by atoms with Crippen molar-refractivity contribution in [3.8, 4) is 5.88 Å². The van der Waals surface area contributed by atoms with Crippen LogP contribution in [0.4, 0.5) is 9.18 Å². The van der Waals surface area contributed by atoms with Crippen molar-refractivity contribution >= 4 is 29.3 Å². The van der Waals surface area contributed by atoms with Crippen molar-refractivity contribution in [1.29, 1.82) is 0 Å². The maximum absolute atomic E-state index is 13.2. The molecule has 0 aliphatic carbocycles. The number of carbonyl (C=O) groups is 3. The average Bonchev–Trinajstić information content (AvgIpc) is 3.38. The van der Waals surface area contributed by atoms with E-state index in [1.54, 1.807) is 24.6 Å². The number of carbonyl (C=O) groups excluding carboxylic acids is 3. The third-order valence-electron chi connectivity index (χ3n) is 5.55. The highest BCUT2D eigenvalue weighted by atomic mass is 19.1. The molecule has 1 aliphatic heterocycles. The Morgan fingerprint density at radius 1 is 1.32 bits per heavy atom. The Morgan fingerprint density at radius 2 is 2.09 bits per heavy atom. The molecule has 0 unspecified atom stereocenters. The predicted octanol–water partition coefficient (Wildman–Crippen LogP) is 2.60. The zero-order chi connectivity index (χ0) is 24.5. The maximum atomic E-state index is 13.2. The summed E-state index contributed by atoms with van der Waals surface area (Å²) < 4.78 is 20.6. The minimum Gasteiger partial charge on any atom is -0.481 e. The van der Waals surface area contributed by atoms with Crippen molar-refractivity contribution in [2.75, 3.05) is 20.2 Å². The van der Waals surface area contributed by atoms with Crippen LogP contribution in [0.15, 0.2) is 42.7 Å². The molecule has 34 heavy (non-hydrogen) atoms. The number of imide groups is 1. The minimum atomic E-state index is -0.829. The SMILES string of the molecule is COc1cc2c(CCCN3CCCC3=O)cn(Cc3ccc(F)cc3)c2cn1.NC(=O)NC=O. The van der Waals surface area contributed by atoms with E-state index < -0.39 is 6.03 Å². The summed E-state index contributed by atoms with van der Waals surface area (Å²) >= 11 is 0. The number of hydrogen-bond acceptors (Lipinski definition) is 5. The van der Waals surface area contributed by atoms with E-state index in [9.17, 15) is 18.8 Å². The van der Waals surface area contributed by atoms with Crippen molar-refractivity contribution in [1.82, 2.24) is 19.8 Å². The van der Waals surface area contributed by atoms with Gasteiger partial charge in [-0.15, -0.1) is 0 Å². The fraction of sp³-hybridized carbons (Fsp3) is 0.333. The number of likely N-dealkylation sites (tertiary alicyclic amines) is 1. The first kappa shape index (κ1) is 24.7. The van der Waals surface area contributed by atoms with Gasteiger partial charge < -0.3 is 19.9 Å². The Kier molecular flexibility index (Phi) is 8.55. The monoisotopic (exact) mass is 469 g/mol. The van der Waals surface area contributed by atoms with Gasteiger partial charge in [0.05, 0.1) is 18.8 Å². The third-order valence-corrected chi connectivity index (χ3v) is 5.55. The molecule has 1 aliphatic rings. The second kappa shape index (κ2) is 11.8. The number of nitrogens with zero attached hydrogens (tertiary/aromatic N) is 3. The quantitative estimate of drug-likeness (QED) is 0.492. The molecule has 3 N–H and O–H groups in total. The van der Waals surface area contributed by atoms with Crippen molar-refractivity contribution < 1.29 is 23.5 Å². The molecule has 4 rings (SSSR count). The molecule has 9 nitrogen and oxygen atoms in total. The van der Waals surface area contributed by atoms with E-state index in [1.807, 2.05) is 17.2 Å². The topological polar surface area (TPSA) is 120 Å². The predicted molar refractivity (Wildman–Crippen MR) is 125 cm³/mol. The summed E-state index contributed by atoms with van der Waals surface area (Å²) in [5, 5.41) is 2.78. The van der Waals surface area contributed by atoms with Crippen LogP contribution in [0.25, 0.3) is 10.9 Å². The van der Waals surface area contributed by atoms with Gasteiger partial charge in [0.25, 0.3) is 0 Å². The molecule has 0 atom stereocenters. The Bertz CT molecular complexity index is 1150. The molecule has 180 valence electrons. The first-order chi connectivity index (χ1) is 16.4. The Labute approximate surface area is 196 Å². The van der Waals surface area contributed by atoms with E-state index >= 15 is 0 Å². The van der Waals surface area contributed by atoms with E-state index in [4.69, 9.17) is 4.74 Å². The van der Waals surface area contributed by atoms with Gasteiger partial charge in [-0.3, -0.25) is 14.9 Å². The lowest BCUT2D eigenvalue weighted by Crippen LogP contribution is -2.27. The molecule has 3 aromatic rings. The smallest absolute Gasteiger partial charge is 0.318 e. The number of nitrogens with two attached hydrogens (primary N) is 1. The van der Waals surface area contributed by atoms with E-state index in [1.165, 1.54) is 17.7 Å². The first-order valence-electron chi connectivity index (χ1n) is 10.9. The summed E-state index contributed by atoms with van der Waals surface area (Å²) in [5.41, 5.74) is 7.69. The van der Waals surface area contributed by atoms with Crippen LogP contribution in [-0.4, -0.2) is 53.0 Å². The molecular formula is C24H28FN5O4. The fourth-order valence-electron chi connectivity index (χ4n) is 3.93. The summed E-state index contributed by atoms with van der Waals surface area (Å²) in [6.07, 6.45) is 7.64. The largest absolute Gasteiger partial charge is 0.481 e. The van der Waals surface area contributed by atoms with Crippen molar-refractivity contribution in [2.45, 2.75) is 32.2 Å². The molecule has 10 heteroatoms. The van der Waals surface area contributed by atoms with E-state index in [2.05, 4.69) is 21.5 Å². The van der Waals surface area contributed by atoms with E-state index in [0.717, 1.165) is 48.8 Å². The number of benzene rings is 1. The number of aromatic nitrogens is 2. The normalized spacial score (nSPS) is 12.9. The lowest BCUT2D eigenvalue weighted by Gasteiger charge is -2.14. The van der Waals surface area contributed by atoms with Crippen LogP contribution in [0.3, 0.4) is 0 Å². The van der Waals surface area contributed by atoms with Crippen LogP contribution < -0.4 is 15.8 Å². The molecule has 0 radical (unpaired) electrons. The van der Waals surface area contributed by atoms with Crippen molar-refractivity contribution in [2.24, 2.45) is 5.73 Å². The Hall–Kier alpha value is -3.95. The van der Waals surface area contributed by atoms with E-state index in [0.29, 0.717) is 18.8 Å². The van der Waals surface area contributed by atoms with Crippen LogP contribution in [0.5, 0.6) is 5.88 Å². The fourth-order valence-corrected chi connectivity index (χ4v) is 3.93. The van der Waals surface area contributed by atoms with Gasteiger partial charge in [-0.1, -0.05) is 12.1 Å². The van der Waals surface area contributed by atoms with Gasteiger partial charge in [0.1, 0.15) is 5.82 Å². The molecule has 1 aromatic carbocycles. The molecule has 0 saturated carbocycles. The first-order valence-corrected chi connectivity index (χ1v) is 10.9. The van der Waals surface area contributed by atoms with Gasteiger partial charge in [0.2, 0.25) is 18.2 Å². The summed E-state index contributed by atoms with van der Waals surface area (Å²) in [6.45, 7) is 2.32. The molecule has 1 saturated heterocycles. The zero-order valence-electron chi connectivity index (χ0n) is 19.0. The summed E-state index contributed by atoms with van der Waals surface area (Å²) in [6, 6.07) is 7.71. The van der Waals surface area contributed by atoms with Crippen LogP contribution in [0, 0.1) is 5.82 Å². The number of nitrogens with one attached hydrogen (secondary N) is 1. The van der Waals surface area contributed by atoms with E-state index in [-0.39, 0.29) is 18.1 Å². The number of urea groups is 1. The maximum Gasteiger partial charge on any atom is 0.318 e. The number of pyridine rings is 1. The number of rotatable bonds is 8. The molecule has 1 fully saturated rings. The summed E-state index contributed by atoms with van der Waals surface area (Å²) in [5.74, 6) is 0.622. The number of hydrogen-bond donors (Lipinski definition) is 2. The molecule has 4 amide bonds. The van der Waals surface area contributed by atoms with Gasteiger partial charge in [-0.25, -0.2) is 14.2 Å². The zero-order valence-corrected chi connectivity index (χ0v) is 19.0. The number of aryl methyl sites for hydroxylation is 1. The molecular weight excluding hydrogens is 441 g/mol.